The van der Waals surface area contributed by atoms with Gasteiger partial charge in [-0.1, -0.05) is 118 Å². The van der Waals surface area contributed by atoms with Crippen LogP contribution in [0.3, 0.4) is 0 Å². The van der Waals surface area contributed by atoms with Crippen LogP contribution >= 0.6 is 0 Å². The second kappa shape index (κ2) is 7.67. The molecule has 5 aromatic rings. The Morgan fingerprint density at radius 2 is 0.800 bits per heavy atom. The van der Waals surface area contributed by atoms with Gasteiger partial charge in [0.15, 0.2) is 0 Å². The molecule has 7 rings (SSSR count). The lowest BCUT2D eigenvalue weighted by Gasteiger charge is -2.31. The molecule has 0 spiro atoms. The molecule has 0 radical (unpaired) electrons. The Morgan fingerprint density at radius 3 is 1.35 bits per heavy atom. The minimum Gasteiger partial charge on any atom is -0.0619 e. The quantitative estimate of drug-likeness (QED) is 0.177. The SMILES string of the molecule is CC(C)(C)c1c2ccccc2c(C(C)(C)C)c2cc3c(cc12)-c1cc2c(cc1C3(C)C)-c1ccccc1C2(C)C. The van der Waals surface area contributed by atoms with Crippen LogP contribution in [0.15, 0.2) is 72.8 Å². The van der Waals surface area contributed by atoms with Gasteiger partial charge in [-0.15, -0.1) is 0 Å². The van der Waals surface area contributed by atoms with E-state index >= 15 is 0 Å². The normalized spacial score (nSPS) is 16.6. The molecule has 0 aromatic heterocycles. The Morgan fingerprint density at radius 1 is 0.400 bits per heavy atom. The molecule has 0 heterocycles. The van der Waals surface area contributed by atoms with E-state index in [1.807, 2.05) is 0 Å². The van der Waals surface area contributed by atoms with Gasteiger partial charge in [0.1, 0.15) is 0 Å². The smallest absolute Gasteiger partial charge is 0.0159 e. The third kappa shape index (κ3) is 3.20. The van der Waals surface area contributed by atoms with Crippen molar-refractivity contribution in [2.24, 2.45) is 0 Å². The minimum atomic E-state index is -0.0712. The van der Waals surface area contributed by atoms with E-state index in [4.69, 9.17) is 0 Å². The van der Waals surface area contributed by atoms with Gasteiger partial charge in [0, 0.05) is 10.8 Å². The maximum atomic E-state index is 2.58. The zero-order valence-corrected chi connectivity index (χ0v) is 25.9. The fourth-order valence-electron chi connectivity index (χ4n) is 8.21. The van der Waals surface area contributed by atoms with Crippen molar-refractivity contribution < 1.29 is 0 Å². The van der Waals surface area contributed by atoms with Crippen molar-refractivity contribution in [3.8, 4) is 22.3 Å². The predicted molar refractivity (Wildman–Crippen MR) is 174 cm³/mol. The Bertz CT molecular complexity index is 1890. The van der Waals surface area contributed by atoms with E-state index < -0.39 is 0 Å². The van der Waals surface area contributed by atoms with Crippen LogP contribution < -0.4 is 0 Å². The van der Waals surface area contributed by atoms with Gasteiger partial charge in [0.25, 0.3) is 0 Å². The largest absolute Gasteiger partial charge is 0.0619 e. The lowest BCUT2D eigenvalue weighted by molar-refractivity contribution is 0.593. The first kappa shape index (κ1) is 25.6. The van der Waals surface area contributed by atoms with Crippen molar-refractivity contribution in [2.45, 2.75) is 90.9 Å². The summed E-state index contributed by atoms with van der Waals surface area (Å²) in [5.74, 6) is 0. The molecule has 0 heteroatoms. The van der Waals surface area contributed by atoms with Crippen molar-refractivity contribution in [1.29, 1.82) is 0 Å². The summed E-state index contributed by atoms with van der Waals surface area (Å²) in [4.78, 5) is 0. The molecule has 0 unspecified atom stereocenters. The van der Waals surface area contributed by atoms with Gasteiger partial charge >= 0.3 is 0 Å². The van der Waals surface area contributed by atoms with Crippen LogP contribution in [0.4, 0.5) is 0 Å². The van der Waals surface area contributed by atoms with Crippen LogP contribution in [-0.4, -0.2) is 0 Å². The van der Waals surface area contributed by atoms with E-state index in [-0.39, 0.29) is 21.7 Å². The molecule has 2 aliphatic rings. The van der Waals surface area contributed by atoms with Crippen molar-refractivity contribution in [2.75, 3.05) is 0 Å². The number of fused-ring (bicyclic) bond motifs is 8. The molecule has 2 aliphatic carbocycles. The highest BCUT2D eigenvalue weighted by molar-refractivity contribution is 6.09. The minimum absolute atomic E-state index is 0.00310. The van der Waals surface area contributed by atoms with Gasteiger partial charge in [-0.25, -0.2) is 0 Å². The fraction of sp³-hybridized carbons (Fsp3) is 0.350. The maximum Gasteiger partial charge on any atom is 0.0159 e. The average molecular weight is 523 g/mol. The summed E-state index contributed by atoms with van der Waals surface area (Å²) in [6.45, 7) is 23.9. The van der Waals surface area contributed by atoms with Crippen LogP contribution in [0, 0.1) is 0 Å². The molecule has 202 valence electrons. The summed E-state index contributed by atoms with van der Waals surface area (Å²) in [7, 11) is 0. The van der Waals surface area contributed by atoms with Gasteiger partial charge in [-0.2, -0.15) is 0 Å². The van der Waals surface area contributed by atoms with E-state index in [2.05, 4.69) is 142 Å². The van der Waals surface area contributed by atoms with E-state index in [1.165, 1.54) is 77.2 Å². The summed E-state index contributed by atoms with van der Waals surface area (Å²) in [5.41, 5.74) is 14.4. The fourth-order valence-corrected chi connectivity index (χ4v) is 8.21. The molecule has 0 atom stereocenters. The van der Waals surface area contributed by atoms with Crippen LogP contribution in [0.5, 0.6) is 0 Å². The molecule has 0 bridgehead atoms. The highest BCUT2D eigenvalue weighted by atomic mass is 14.5. The third-order valence-corrected chi connectivity index (χ3v) is 10.0. The van der Waals surface area contributed by atoms with Gasteiger partial charge in [-0.3, -0.25) is 0 Å². The summed E-state index contributed by atoms with van der Waals surface area (Å²) >= 11 is 0. The third-order valence-electron chi connectivity index (χ3n) is 10.0. The van der Waals surface area contributed by atoms with Crippen LogP contribution in [0.1, 0.15) is 103 Å². The Balaban J connectivity index is 1.63. The number of rotatable bonds is 0. The molecule has 0 nitrogen and oxygen atoms in total. The molecule has 0 N–H and O–H groups in total. The molecule has 40 heavy (non-hydrogen) atoms. The Labute approximate surface area is 240 Å². The molecular weight excluding hydrogens is 480 g/mol. The van der Waals surface area contributed by atoms with E-state index in [1.54, 1.807) is 0 Å². The first-order valence-corrected chi connectivity index (χ1v) is 15.0. The van der Waals surface area contributed by atoms with Crippen molar-refractivity contribution in [1.82, 2.24) is 0 Å². The highest BCUT2D eigenvalue weighted by Gasteiger charge is 2.42. The van der Waals surface area contributed by atoms with Crippen molar-refractivity contribution in [3.63, 3.8) is 0 Å². The van der Waals surface area contributed by atoms with Crippen LogP contribution in [-0.2, 0) is 21.7 Å². The zero-order valence-electron chi connectivity index (χ0n) is 25.9. The summed E-state index contributed by atoms with van der Waals surface area (Å²) < 4.78 is 0. The second-order valence-corrected chi connectivity index (χ2v) is 15.5. The first-order valence-electron chi connectivity index (χ1n) is 15.0. The molecule has 0 saturated carbocycles. The molecule has 5 aromatic carbocycles. The molecular formula is C40H42. The van der Waals surface area contributed by atoms with E-state index in [0.29, 0.717) is 0 Å². The maximum absolute atomic E-state index is 2.58. The standard InChI is InChI=1S/C40H42/c1-37(2,3)35-24-16-11-12-17-25(24)36(38(4,5)6)30-22-34-26(19-29(30)35)28-21-32-27(20-33(28)40(34,9)10)23-15-13-14-18-31(23)39(32,7)8/h11-22H,1-10H3. The molecule has 0 fully saturated rings. The second-order valence-electron chi connectivity index (χ2n) is 15.5. The Hall–Kier alpha value is -3.38. The lowest BCUT2D eigenvalue weighted by Crippen LogP contribution is -2.19. The average Bonchev–Trinajstić information content (AvgIpc) is 3.23. The Kier molecular flexibility index (Phi) is 4.90. The van der Waals surface area contributed by atoms with Gasteiger partial charge in [0.05, 0.1) is 0 Å². The van der Waals surface area contributed by atoms with Crippen LogP contribution in [0.25, 0.3) is 43.8 Å². The molecule has 0 saturated heterocycles. The molecule has 0 amide bonds. The zero-order chi connectivity index (χ0) is 28.6. The highest BCUT2D eigenvalue weighted by Crippen LogP contribution is 2.57. The summed E-state index contributed by atoms with van der Waals surface area (Å²) in [6.07, 6.45) is 0. The number of hydrogen-bond donors (Lipinski definition) is 0. The van der Waals surface area contributed by atoms with E-state index in [0.717, 1.165) is 0 Å². The predicted octanol–water partition coefficient (Wildman–Crippen LogP) is 11.2. The van der Waals surface area contributed by atoms with Crippen LogP contribution in [0.2, 0.25) is 0 Å². The topological polar surface area (TPSA) is 0 Å². The summed E-state index contributed by atoms with van der Waals surface area (Å²) in [5, 5.41) is 5.64. The lowest BCUT2D eigenvalue weighted by atomic mass is 9.72. The summed E-state index contributed by atoms with van der Waals surface area (Å²) in [6, 6.07) is 28.4. The van der Waals surface area contributed by atoms with Gasteiger partial charge < -0.3 is 0 Å². The van der Waals surface area contributed by atoms with E-state index in [9.17, 15) is 0 Å². The molecule has 0 aliphatic heterocycles. The van der Waals surface area contributed by atoms with Crippen molar-refractivity contribution in [3.05, 3.63) is 106 Å². The number of benzene rings is 5. The monoisotopic (exact) mass is 522 g/mol. The van der Waals surface area contributed by atoms with Gasteiger partial charge in [-0.05, 0) is 112 Å². The number of hydrogen-bond acceptors (Lipinski definition) is 0. The van der Waals surface area contributed by atoms with Crippen molar-refractivity contribution >= 4 is 21.5 Å². The first-order chi connectivity index (χ1) is 18.6. The van der Waals surface area contributed by atoms with Gasteiger partial charge in [0.2, 0.25) is 0 Å².